The first-order chi connectivity index (χ1) is 8.18. The molecule has 4 nitrogen and oxygen atoms in total. The molecule has 0 unspecified atom stereocenters. The number of hydrogen-bond donors (Lipinski definition) is 0. The van der Waals surface area contributed by atoms with E-state index in [4.69, 9.17) is 4.74 Å². The molecule has 1 fully saturated rings. The van der Waals surface area contributed by atoms with E-state index in [-0.39, 0.29) is 12.5 Å². The van der Waals surface area contributed by atoms with E-state index in [1.165, 1.54) is 0 Å². The summed E-state index contributed by atoms with van der Waals surface area (Å²) in [4.78, 5) is 33.9. The van der Waals surface area contributed by atoms with Gasteiger partial charge in [0.2, 0.25) is 5.78 Å². The second-order valence-electron chi connectivity index (χ2n) is 4.03. The van der Waals surface area contributed by atoms with Crippen molar-refractivity contribution in [2.24, 2.45) is 5.92 Å². The Kier molecular flexibility index (Phi) is 3.32. The molecule has 1 aromatic carbocycles. The Labute approximate surface area is 98.6 Å². The molecular weight excluding hydrogens is 220 g/mol. The number of ether oxygens (including phenoxy) is 1. The largest absolute Gasteiger partial charge is 0.455 e. The van der Waals surface area contributed by atoms with E-state index in [1.807, 2.05) is 6.07 Å². The summed E-state index contributed by atoms with van der Waals surface area (Å²) in [5.74, 6) is -2.93. The van der Waals surface area contributed by atoms with Crippen LogP contribution in [0.25, 0.3) is 0 Å². The normalized spacial score (nSPS) is 14.1. The van der Waals surface area contributed by atoms with Gasteiger partial charge in [-0.1, -0.05) is 30.3 Å². The van der Waals surface area contributed by atoms with E-state index >= 15 is 0 Å². The lowest BCUT2D eigenvalue weighted by atomic mass is 10.2. The summed E-state index contributed by atoms with van der Waals surface area (Å²) in [5.41, 5.74) is 0.785. The highest BCUT2D eigenvalue weighted by atomic mass is 16.5. The number of carbonyl (C=O) groups is 3. The molecule has 1 aromatic rings. The molecular formula is C13H12O4. The molecule has 1 aliphatic carbocycles. The van der Waals surface area contributed by atoms with E-state index in [2.05, 4.69) is 0 Å². The highest BCUT2D eigenvalue weighted by Crippen LogP contribution is 2.30. The van der Waals surface area contributed by atoms with E-state index in [0.717, 1.165) is 5.56 Å². The van der Waals surface area contributed by atoms with Gasteiger partial charge in [-0.3, -0.25) is 9.59 Å². The summed E-state index contributed by atoms with van der Waals surface area (Å²) in [7, 11) is 0. The van der Waals surface area contributed by atoms with Gasteiger partial charge in [-0.2, -0.15) is 0 Å². The van der Waals surface area contributed by atoms with Crippen molar-refractivity contribution in [2.45, 2.75) is 19.4 Å². The number of carbonyl (C=O) groups excluding carboxylic acids is 3. The van der Waals surface area contributed by atoms with Crippen molar-refractivity contribution in [3.05, 3.63) is 35.9 Å². The monoisotopic (exact) mass is 232 g/mol. The van der Waals surface area contributed by atoms with Gasteiger partial charge in [0.1, 0.15) is 6.61 Å². The Hall–Kier alpha value is -1.97. The van der Waals surface area contributed by atoms with Gasteiger partial charge in [-0.15, -0.1) is 0 Å². The zero-order valence-corrected chi connectivity index (χ0v) is 9.22. The number of benzene rings is 1. The summed E-state index contributed by atoms with van der Waals surface area (Å²) >= 11 is 0. The first-order valence-corrected chi connectivity index (χ1v) is 5.47. The number of ketones is 2. The molecule has 0 radical (unpaired) electrons. The lowest BCUT2D eigenvalue weighted by molar-refractivity contribution is -0.157. The molecule has 0 amide bonds. The van der Waals surface area contributed by atoms with Crippen molar-refractivity contribution in [1.82, 2.24) is 0 Å². The fourth-order valence-corrected chi connectivity index (χ4v) is 1.42. The zero-order valence-electron chi connectivity index (χ0n) is 9.22. The summed E-state index contributed by atoms with van der Waals surface area (Å²) in [6.07, 6.45) is 1.41. The van der Waals surface area contributed by atoms with Gasteiger partial charge >= 0.3 is 11.8 Å². The van der Waals surface area contributed by atoms with Crippen molar-refractivity contribution >= 4 is 17.5 Å². The Morgan fingerprint density at radius 2 is 1.76 bits per heavy atom. The van der Waals surface area contributed by atoms with Gasteiger partial charge in [-0.05, 0) is 18.4 Å². The number of Topliss-reactive ketones (excluding diaryl/α,β-unsaturated/α-hetero) is 2. The minimum absolute atomic E-state index is 0.0172. The highest BCUT2D eigenvalue weighted by molar-refractivity contribution is 6.62. The molecule has 0 bridgehead atoms. The number of hydrogen-bond acceptors (Lipinski definition) is 4. The van der Waals surface area contributed by atoms with Gasteiger partial charge in [0.05, 0.1) is 0 Å². The van der Waals surface area contributed by atoms with Crippen LogP contribution in [-0.2, 0) is 25.7 Å². The second kappa shape index (κ2) is 4.91. The quantitative estimate of drug-likeness (QED) is 0.436. The molecule has 1 aliphatic rings. The van der Waals surface area contributed by atoms with Crippen LogP contribution in [0.3, 0.4) is 0 Å². The van der Waals surface area contributed by atoms with Crippen molar-refractivity contribution in [3.63, 3.8) is 0 Å². The molecule has 0 aliphatic heterocycles. The Bertz CT molecular complexity index is 446. The smallest absolute Gasteiger partial charge is 0.383 e. The fourth-order valence-electron chi connectivity index (χ4n) is 1.42. The van der Waals surface area contributed by atoms with Crippen LogP contribution in [0.1, 0.15) is 18.4 Å². The molecule has 88 valence electrons. The van der Waals surface area contributed by atoms with Crippen LogP contribution in [0.2, 0.25) is 0 Å². The van der Waals surface area contributed by atoms with Gasteiger partial charge in [0.25, 0.3) is 0 Å². The summed E-state index contributed by atoms with van der Waals surface area (Å²) < 4.78 is 4.78. The van der Waals surface area contributed by atoms with Crippen LogP contribution in [0.4, 0.5) is 0 Å². The third-order valence-electron chi connectivity index (χ3n) is 2.57. The zero-order chi connectivity index (χ0) is 12.3. The van der Waals surface area contributed by atoms with E-state index in [9.17, 15) is 14.4 Å². The average molecular weight is 232 g/mol. The van der Waals surface area contributed by atoms with Gasteiger partial charge < -0.3 is 4.74 Å². The standard InChI is InChI=1S/C13H12O4/c14-11(10-6-7-10)12(15)13(16)17-8-9-4-2-1-3-5-9/h1-5,10H,6-8H2. The molecule has 0 spiro atoms. The van der Waals surface area contributed by atoms with Crippen LogP contribution in [0.15, 0.2) is 30.3 Å². The van der Waals surface area contributed by atoms with Crippen LogP contribution in [0.5, 0.6) is 0 Å². The topological polar surface area (TPSA) is 60.4 Å². The molecule has 0 aromatic heterocycles. The molecule has 2 rings (SSSR count). The maximum Gasteiger partial charge on any atom is 0.383 e. The Balaban J connectivity index is 1.85. The van der Waals surface area contributed by atoms with Gasteiger partial charge in [0.15, 0.2) is 0 Å². The molecule has 4 heteroatoms. The van der Waals surface area contributed by atoms with Gasteiger partial charge in [-0.25, -0.2) is 4.79 Å². The fraction of sp³-hybridized carbons (Fsp3) is 0.308. The summed E-state index contributed by atoms with van der Waals surface area (Å²) in [6, 6.07) is 9.01. The van der Waals surface area contributed by atoms with Crippen molar-refractivity contribution in [2.75, 3.05) is 0 Å². The predicted octanol–water partition coefficient (Wildman–Crippen LogP) is 1.28. The highest BCUT2D eigenvalue weighted by Gasteiger charge is 2.37. The van der Waals surface area contributed by atoms with Crippen molar-refractivity contribution in [3.8, 4) is 0 Å². The van der Waals surface area contributed by atoms with E-state index in [0.29, 0.717) is 12.8 Å². The lowest BCUT2D eigenvalue weighted by Crippen LogP contribution is -2.27. The van der Waals surface area contributed by atoms with Crippen LogP contribution < -0.4 is 0 Å². The number of rotatable bonds is 5. The number of esters is 1. The van der Waals surface area contributed by atoms with Crippen molar-refractivity contribution in [1.29, 1.82) is 0 Å². The molecule has 0 atom stereocenters. The minimum atomic E-state index is -1.05. The average Bonchev–Trinajstić information content (AvgIpc) is 3.19. The van der Waals surface area contributed by atoms with Crippen LogP contribution in [-0.4, -0.2) is 17.5 Å². The first-order valence-electron chi connectivity index (χ1n) is 5.47. The van der Waals surface area contributed by atoms with Crippen molar-refractivity contribution < 1.29 is 19.1 Å². The Morgan fingerprint density at radius 3 is 2.35 bits per heavy atom. The summed E-state index contributed by atoms with van der Waals surface area (Å²) in [6.45, 7) is 0.0172. The molecule has 0 saturated heterocycles. The van der Waals surface area contributed by atoms with Gasteiger partial charge in [0, 0.05) is 5.92 Å². The van der Waals surface area contributed by atoms with E-state index in [1.54, 1.807) is 24.3 Å². The summed E-state index contributed by atoms with van der Waals surface area (Å²) in [5, 5.41) is 0. The molecule has 0 heterocycles. The van der Waals surface area contributed by atoms with E-state index < -0.39 is 17.5 Å². The lowest BCUT2D eigenvalue weighted by Gasteiger charge is -2.03. The molecule has 1 saturated carbocycles. The van der Waals surface area contributed by atoms with Crippen LogP contribution >= 0.6 is 0 Å². The first kappa shape index (κ1) is 11.5. The molecule has 17 heavy (non-hydrogen) atoms. The SMILES string of the molecule is O=C(OCc1ccccc1)C(=O)C(=O)C1CC1. The van der Waals surface area contributed by atoms with Crippen LogP contribution in [0, 0.1) is 5.92 Å². The maximum atomic E-state index is 11.3. The minimum Gasteiger partial charge on any atom is -0.455 e. The second-order valence-corrected chi connectivity index (χ2v) is 4.03. The Morgan fingerprint density at radius 1 is 1.12 bits per heavy atom. The third-order valence-corrected chi connectivity index (χ3v) is 2.57. The maximum absolute atomic E-state index is 11.3. The predicted molar refractivity (Wildman–Crippen MR) is 59.0 cm³/mol. The molecule has 0 N–H and O–H groups in total. The third kappa shape index (κ3) is 3.00.